The summed E-state index contributed by atoms with van der Waals surface area (Å²) in [4.78, 5) is 0. The minimum Gasteiger partial charge on any atom is -0.454 e. The average molecular weight is 532 g/mol. The lowest BCUT2D eigenvalue weighted by Crippen LogP contribution is -2.11. The van der Waals surface area contributed by atoms with Gasteiger partial charge in [0.2, 0.25) is 0 Å². The molecule has 0 radical (unpaired) electrons. The highest BCUT2D eigenvalue weighted by atomic mass is 19.4. The highest BCUT2D eigenvalue weighted by Crippen LogP contribution is 2.44. The Morgan fingerprint density at radius 1 is 0.500 bits per heavy atom. The molecular formula is C21H11F11N2O2. The average Bonchev–Trinajstić information content (AvgIpc) is 2.70. The summed E-state index contributed by atoms with van der Waals surface area (Å²) in [5.74, 6) is -8.60. The third kappa shape index (κ3) is 5.66. The Labute approximate surface area is 193 Å². The van der Waals surface area contributed by atoms with Gasteiger partial charge in [0, 0.05) is 29.6 Å². The zero-order valence-electron chi connectivity index (χ0n) is 17.2. The third-order valence-corrected chi connectivity index (χ3v) is 4.44. The number of benzene rings is 3. The van der Waals surface area contributed by atoms with Crippen molar-refractivity contribution in [2.45, 2.75) is 18.5 Å². The molecule has 3 aromatic carbocycles. The van der Waals surface area contributed by atoms with Crippen molar-refractivity contribution in [2.75, 3.05) is 11.5 Å². The van der Waals surface area contributed by atoms with Crippen LogP contribution in [0.15, 0.2) is 42.5 Å². The van der Waals surface area contributed by atoms with Crippen LogP contribution in [0.3, 0.4) is 0 Å². The van der Waals surface area contributed by atoms with E-state index >= 15 is 0 Å². The third-order valence-electron chi connectivity index (χ3n) is 4.44. The van der Waals surface area contributed by atoms with Crippen molar-refractivity contribution in [3.05, 3.63) is 70.8 Å². The van der Waals surface area contributed by atoms with Gasteiger partial charge in [-0.3, -0.25) is 0 Å². The summed E-state index contributed by atoms with van der Waals surface area (Å²) in [5, 5.41) is 0. The molecule has 0 amide bonds. The van der Waals surface area contributed by atoms with Crippen LogP contribution in [-0.4, -0.2) is 0 Å². The number of halogens is 11. The Hall–Kier alpha value is -3.91. The van der Waals surface area contributed by atoms with Gasteiger partial charge in [-0.05, 0) is 24.3 Å². The largest absolute Gasteiger partial charge is 0.454 e. The molecule has 15 heteroatoms. The van der Waals surface area contributed by atoms with Crippen molar-refractivity contribution >= 4 is 11.4 Å². The number of rotatable bonds is 4. The fourth-order valence-corrected chi connectivity index (χ4v) is 2.93. The van der Waals surface area contributed by atoms with Gasteiger partial charge in [0.05, 0.1) is 16.7 Å². The highest BCUT2D eigenvalue weighted by Gasteiger charge is 2.39. The number of hydrogen-bond donors (Lipinski definition) is 2. The minimum absolute atomic E-state index is 0.188. The van der Waals surface area contributed by atoms with Gasteiger partial charge >= 0.3 is 18.5 Å². The van der Waals surface area contributed by atoms with Gasteiger partial charge in [-0.2, -0.15) is 39.5 Å². The molecular weight excluding hydrogens is 521 g/mol. The normalized spacial score (nSPS) is 12.5. The standard InChI is InChI=1S/C21H11F11N2O2/c22-17-12(20(27,28)29)3-8(33)5-15(17)35-10-1-2-11(19(24,25)26)14(7-10)36-16-6-9(34)4-13(18(16)23)21(30,31)32/h1-7H,33-34H2. The van der Waals surface area contributed by atoms with Crippen molar-refractivity contribution in [3.8, 4) is 23.0 Å². The van der Waals surface area contributed by atoms with Gasteiger partial charge in [0.25, 0.3) is 0 Å². The Balaban J connectivity index is 2.11. The predicted molar refractivity (Wildman–Crippen MR) is 103 cm³/mol. The van der Waals surface area contributed by atoms with Gasteiger partial charge in [-0.15, -0.1) is 0 Å². The van der Waals surface area contributed by atoms with Crippen LogP contribution in [0.1, 0.15) is 16.7 Å². The molecule has 0 unspecified atom stereocenters. The highest BCUT2D eigenvalue weighted by molar-refractivity contribution is 5.54. The number of anilines is 2. The van der Waals surface area contributed by atoms with E-state index in [4.69, 9.17) is 20.9 Å². The Morgan fingerprint density at radius 2 is 0.917 bits per heavy atom. The fourth-order valence-electron chi connectivity index (χ4n) is 2.93. The Kier molecular flexibility index (Phi) is 6.63. The smallest absolute Gasteiger partial charge is 0.419 e. The van der Waals surface area contributed by atoms with E-state index in [1.54, 1.807) is 0 Å². The molecule has 0 aliphatic heterocycles. The second kappa shape index (κ2) is 8.95. The number of ether oxygens (including phenoxy) is 2. The summed E-state index contributed by atoms with van der Waals surface area (Å²) in [6.07, 6.45) is -15.7. The summed E-state index contributed by atoms with van der Waals surface area (Å²) in [7, 11) is 0. The molecule has 4 N–H and O–H groups in total. The van der Waals surface area contributed by atoms with Gasteiger partial charge in [-0.1, -0.05) is 0 Å². The van der Waals surface area contributed by atoms with E-state index in [2.05, 4.69) is 0 Å². The Bertz CT molecular complexity index is 1300. The topological polar surface area (TPSA) is 70.5 Å². The van der Waals surface area contributed by atoms with E-state index in [0.29, 0.717) is 24.3 Å². The maximum Gasteiger partial charge on any atom is 0.419 e. The van der Waals surface area contributed by atoms with Crippen molar-refractivity contribution in [1.29, 1.82) is 0 Å². The zero-order valence-corrected chi connectivity index (χ0v) is 17.2. The molecule has 0 aliphatic carbocycles. The van der Waals surface area contributed by atoms with E-state index < -0.39 is 81.2 Å². The molecule has 0 aliphatic rings. The van der Waals surface area contributed by atoms with Crippen LogP contribution in [0, 0.1) is 11.6 Å². The van der Waals surface area contributed by atoms with Crippen molar-refractivity contribution < 1.29 is 57.8 Å². The lowest BCUT2D eigenvalue weighted by Gasteiger charge is -2.18. The monoisotopic (exact) mass is 532 g/mol. The number of nitrogen functional groups attached to an aromatic ring is 2. The first-order valence-electron chi connectivity index (χ1n) is 9.27. The molecule has 4 nitrogen and oxygen atoms in total. The van der Waals surface area contributed by atoms with Crippen LogP contribution in [0.4, 0.5) is 59.7 Å². The molecule has 3 aromatic rings. The maximum atomic E-state index is 14.4. The molecule has 0 saturated carbocycles. The van der Waals surface area contributed by atoms with Gasteiger partial charge < -0.3 is 20.9 Å². The van der Waals surface area contributed by atoms with Crippen LogP contribution >= 0.6 is 0 Å². The predicted octanol–water partition coefficient (Wildman–Crippen LogP) is 7.77. The van der Waals surface area contributed by atoms with E-state index in [1.165, 1.54) is 0 Å². The molecule has 3 rings (SSSR count). The molecule has 0 fully saturated rings. The summed E-state index contributed by atoms with van der Waals surface area (Å²) >= 11 is 0. The van der Waals surface area contributed by atoms with Crippen LogP contribution in [0.25, 0.3) is 0 Å². The number of alkyl halides is 9. The van der Waals surface area contributed by atoms with Crippen molar-refractivity contribution in [3.63, 3.8) is 0 Å². The SMILES string of the molecule is Nc1cc(Oc2ccc(C(F)(F)F)c(Oc3cc(N)cc(C(F)(F)F)c3F)c2)c(F)c(C(F)(F)F)c1. The van der Waals surface area contributed by atoms with Gasteiger partial charge in [0.15, 0.2) is 23.1 Å². The second-order valence-corrected chi connectivity index (χ2v) is 7.12. The summed E-state index contributed by atoms with van der Waals surface area (Å²) in [6, 6.07) is 2.71. The Morgan fingerprint density at radius 3 is 1.33 bits per heavy atom. The quantitative estimate of drug-likeness (QED) is 0.266. The molecule has 0 bridgehead atoms. The minimum atomic E-state index is -5.28. The first-order valence-corrected chi connectivity index (χ1v) is 9.27. The van der Waals surface area contributed by atoms with E-state index in [0.717, 1.165) is 0 Å². The van der Waals surface area contributed by atoms with Crippen molar-refractivity contribution in [1.82, 2.24) is 0 Å². The van der Waals surface area contributed by atoms with Crippen LogP contribution in [0.2, 0.25) is 0 Å². The van der Waals surface area contributed by atoms with Crippen LogP contribution < -0.4 is 20.9 Å². The zero-order chi connectivity index (χ0) is 27.2. The maximum absolute atomic E-state index is 14.4. The van der Waals surface area contributed by atoms with Crippen molar-refractivity contribution in [2.24, 2.45) is 0 Å². The summed E-state index contributed by atoms with van der Waals surface area (Å²) < 4.78 is 157. The molecule has 36 heavy (non-hydrogen) atoms. The molecule has 0 aromatic heterocycles. The molecule has 0 heterocycles. The van der Waals surface area contributed by atoms with Gasteiger partial charge in [0.1, 0.15) is 11.5 Å². The molecule has 0 spiro atoms. The molecule has 194 valence electrons. The summed E-state index contributed by atoms with van der Waals surface area (Å²) in [5.41, 5.74) is 3.88. The number of hydrogen-bond acceptors (Lipinski definition) is 4. The van der Waals surface area contributed by atoms with E-state index in [1.807, 2.05) is 0 Å². The fraction of sp³-hybridized carbons (Fsp3) is 0.143. The van der Waals surface area contributed by atoms with Crippen LogP contribution in [-0.2, 0) is 18.5 Å². The van der Waals surface area contributed by atoms with Gasteiger partial charge in [-0.25, -0.2) is 8.78 Å². The van der Waals surface area contributed by atoms with E-state index in [9.17, 15) is 48.3 Å². The van der Waals surface area contributed by atoms with Crippen LogP contribution in [0.5, 0.6) is 23.0 Å². The molecule has 0 saturated heterocycles. The lowest BCUT2D eigenvalue weighted by molar-refractivity contribution is -0.141. The first kappa shape index (κ1) is 26.7. The number of nitrogens with two attached hydrogens (primary N) is 2. The lowest BCUT2D eigenvalue weighted by atomic mass is 10.1. The molecule has 0 atom stereocenters. The summed E-state index contributed by atoms with van der Waals surface area (Å²) in [6.45, 7) is 0. The first-order chi connectivity index (χ1) is 16.4. The van der Waals surface area contributed by atoms with E-state index in [-0.39, 0.29) is 18.2 Å². The second-order valence-electron chi connectivity index (χ2n) is 7.12.